The normalized spacial score (nSPS) is 18.8. The molecule has 2 rings (SSSR count). The van der Waals surface area contributed by atoms with Crippen molar-refractivity contribution in [1.82, 2.24) is 9.88 Å². The summed E-state index contributed by atoms with van der Waals surface area (Å²) in [4.78, 5) is 18.2. The molecule has 0 aliphatic carbocycles. The zero-order valence-electron chi connectivity index (χ0n) is 9.73. The van der Waals surface area contributed by atoms with E-state index in [0.717, 1.165) is 19.4 Å². The van der Waals surface area contributed by atoms with Crippen molar-refractivity contribution in [2.24, 2.45) is 0 Å². The Morgan fingerprint density at radius 1 is 1.50 bits per heavy atom. The largest absolute Gasteiger partial charge is 0.384 e. The third-order valence-electron chi connectivity index (χ3n) is 3.14. The van der Waals surface area contributed by atoms with E-state index >= 15 is 0 Å². The van der Waals surface area contributed by atoms with Gasteiger partial charge in [-0.2, -0.15) is 0 Å². The van der Waals surface area contributed by atoms with E-state index in [1.165, 1.54) is 0 Å². The molecule has 0 aromatic carbocycles. The fourth-order valence-corrected chi connectivity index (χ4v) is 2.19. The number of hydrogen-bond acceptors (Lipinski definition) is 3. The Labute approximate surface area is 95.5 Å². The van der Waals surface area contributed by atoms with Crippen LogP contribution >= 0.6 is 0 Å². The maximum absolute atomic E-state index is 12.2. The van der Waals surface area contributed by atoms with Crippen molar-refractivity contribution < 1.29 is 4.79 Å². The van der Waals surface area contributed by atoms with E-state index in [1.54, 1.807) is 18.2 Å². The number of anilines is 1. The second-order valence-electron chi connectivity index (χ2n) is 4.82. The van der Waals surface area contributed by atoms with Gasteiger partial charge in [0, 0.05) is 12.1 Å². The number of nitrogens with two attached hydrogens (primary N) is 1. The molecule has 0 saturated carbocycles. The molecular formula is C12H17N3O. The molecule has 0 unspecified atom stereocenters. The number of pyridine rings is 1. The highest BCUT2D eigenvalue weighted by Gasteiger charge is 2.36. The molecule has 1 amide bonds. The molecule has 1 fully saturated rings. The summed E-state index contributed by atoms with van der Waals surface area (Å²) in [6.45, 7) is 4.98. The van der Waals surface area contributed by atoms with Crippen LogP contribution in [0, 0.1) is 0 Å². The minimum Gasteiger partial charge on any atom is -0.384 e. The predicted octanol–water partition coefficient (Wildman–Crippen LogP) is 1.68. The molecule has 1 saturated heterocycles. The van der Waals surface area contributed by atoms with Crippen LogP contribution in [0.5, 0.6) is 0 Å². The van der Waals surface area contributed by atoms with Crippen molar-refractivity contribution in [2.75, 3.05) is 12.3 Å². The van der Waals surface area contributed by atoms with Crippen molar-refractivity contribution in [3.63, 3.8) is 0 Å². The van der Waals surface area contributed by atoms with Gasteiger partial charge in [0.25, 0.3) is 5.91 Å². The van der Waals surface area contributed by atoms with Gasteiger partial charge in [0.15, 0.2) is 0 Å². The molecular weight excluding hydrogens is 202 g/mol. The molecule has 1 aromatic heterocycles. The van der Waals surface area contributed by atoms with Crippen LogP contribution in [0.2, 0.25) is 0 Å². The summed E-state index contributed by atoms with van der Waals surface area (Å²) in [7, 11) is 0. The highest BCUT2D eigenvalue weighted by Crippen LogP contribution is 2.29. The molecule has 4 heteroatoms. The maximum atomic E-state index is 12.2. The van der Waals surface area contributed by atoms with E-state index in [0.29, 0.717) is 11.5 Å². The highest BCUT2D eigenvalue weighted by molar-refractivity contribution is 5.93. The number of carbonyl (C=O) groups excluding carboxylic acids is 1. The first-order chi connectivity index (χ1) is 7.50. The summed E-state index contributed by atoms with van der Waals surface area (Å²) in [5, 5.41) is 0. The Bertz CT molecular complexity index is 414. The number of aromatic nitrogens is 1. The van der Waals surface area contributed by atoms with Gasteiger partial charge >= 0.3 is 0 Å². The predicted molar refractivity (Wildman–Crippen MR) is 63.0 cm³/mol. The molecule has 1 aromatic rings. The number of likely N-dealkylation sites (tertiary alicyclic amines) is 1. The van der Waals surface area contributed by atoms with Crippen molar-refractivity contribution in [2.45, 2.75) is 32.2 Å². The van der Waals surface area contributed by atoms with Crippen LogP contribution < -0.4 is 5.73 Å². The third kappa shape index (κ3) is 1.87. The molecule has 4 nitrogen and oxygen atoms in total. The first-order valence-corrected chi connectivity index (χ1v) is 5.55. The molecule has 2 N–H and O–H groups in total. The van der Waals surface area contributed by atoms with Crippen LogP contribution in [0.15, 0.2) is 18.2 Å². The average Bonchev–Trinajstić information content (AvgIpc) is 2.57. The molecule has 0 radical (unpaired) electrons. The standard InChI is InChI=1S/C12H17N3O/c1-12(2)7-4-8-15(12)11(16)9-5-3-6-10(13)14-9/h3,5-6H,4,7-8H2,1-2H3,(H2,13,14). The van der Waals surface area contributed by atoms with Crippen LogP contribution in [-0.2, 0) is 0 Å². The number of amides is 1. The van der Waals surface area contributed by atoms with E-state index in [-0.39, 0.29) is 11.4 Å². The quantitative estimate of drug-likeness (QED) is 0.781. The van der Waals surface area contributed by atoms with Gasteiger partial charge in [0.2, 0.25) is 0 Å². The van der Waals surface area contributed by atoms with E-state index in [4.69, 9.17) is 5.73 Å². The SMILES string of the molecule is CC1(C)CCCN1C(=O)c1cccc(N)n1. The lowest BCUT2D eigenvalue weighted by atomic mass is 10.0. The van der Waals surface area contributed by atoms with Crippen LogP contribution in [0.25, 0.3) is 0 Å². The van der Waals surface area contributed by atoms with Crippen LogP contribution in [0.4, 0.5) is 5.82 Å². The Balaban J connectivity index is 2.26. The molecule has 0 bridgehead atoms. The van der Waals surface area contributed by atoms with Crippen molar-refractivity contribution in [1.29, 1.82) is 0 Å². The fourth-order valence-electron chi connectivity index (χ4n) is 2.19. The molecule has 16 heavy (non-hydrogen) atoms. The second kappa shape index (κ2) is 3.77. The van der Waals surface area contributed by atoms with Crippen LogP contribution in [0.3, 0.4) is 0 Å². The van der Waals surface area contributed by atoms with E-state index in [2.05, 4.69) is 18.8 Å². The summed E-state index contributed by atoms with van der Waals surface area (Å²) in [6.07, 6.45) is 2.10. The lowest BCUT2D eigenvalue weighted by molar-refractivity contribution is 0.0646. The Hall–Kier alpha value is -1.58. The van der Waals surface area contributed by atoms with Gasteiger partial charge in [0.05, 0.1) is 0 Å². The topological polar surface area (TPSA) is 59.2 Å². The van der Waals surface area contributed by atoms with Crippen LogP contribution in [0.1, 0.15) is 37.2 Å². The van der Waals surface area contributed by atoms with E-state index in [9.17, 15) is 4.79 Å². The minimum absolute atomic E-state index is 0.0187. The minimum atomic E-state index is -0.0661. The van der Waals surface area contributed by atoms with Crippen LogP contribution in [-0.4, -0.2) is 27.9 Å². The summed E-state index contributed by atoms with van der Waals surface area (Å²) in [5.74, 6) is 0.373. The molecule has 1 aliphatic heterocycles. The Kier molecular flexibility index (Phi) is 2.58. The lowest BCUT2D eigenvalue weighted by Crippen LogP contribution is -2.43. The van der Waals surface area contributed by atoms with Gasteiger partial charge in [-0.1, -0.05) is 6.07 Å². The number of rotatable bonds is 1. The van der Waals surface area contributed by atoms with Gasteiger partial charge in [-0.25, -0.2) is 4.98 Å². The molecule has 86 valence electrons. The molecule has 0 spiro atoms. The maximum Gasteiger partial charge on any atom is 0.272 e. The highest BCUT2D eigenvalue weighted by atomic mass is 16.2. The summed E-state index contributed by atoms with van der Waals surface area (Å²) in [5.41, 5.74) is 5.95. The zero-order valence-corrected chi connectivity index (χ0v) is 9.73. The first kappa shape index (κ1) is 10.9. The fraction of sp³-hybridized carbons (Fsp3) is 0.500. The zero-order chi connectivity index (χ0) is 11.8. The van der Waals surface area contributed by atoms with Gasteiger partial charge in [-0.3, -0.25) is 4.79 Å². The average molecular weight is 219 g/mol. The molecule has 2 heterocycles. The summed E-state index contributed by atoms with van der Waals surface area (Å²) < 4.78 is 0. The third-order valence-corrected chi connectivity index (χ3v) is 3.14. The van der Waals surface area contributed by atoms with E-state index in [1.807, 2.05) is 4.90 Å². The van der Waals surface area contributed by atoms with Gasteiger partial charge in [-0.05, 0) is 38.8 Å². The van der Waals surface area contributed by atoms with Gasteiger partial charge in [0.1, 0.15) is 11.5 Å². The van der Waals surface area contributed by atoms with Crippen molar-refractivity contribution >= 4 is 11.7 Å². The Morgan fingerprint density at radius 3 is 2.81 bits per heavy atom. The number of hydrogen-bond donors (Lipinski definition) is 1. The number of nitrogen functional groups attached to an aromatic ring is 1. The summed E-state index contributed by atoms with van der Waals surface area (Å²) >= 11 is 0. The first-order valence-electron chi connectivity index (χ1n) is 5.55. The smallest absolute Gasteiger partial charge is 0.272 e. The van der Waals surface area contributed by atoms with Crippen molar-refractivity contribution in [3.05, 3.63) is 23.9 Å². The summed E-state index contributed by atoms with van der Waals surface area (Å²) in [6, 6.07) is 5.16. The van der Waals surface area contributed by atoms with Crippen molar-refractivity contribution in [3.8, 4) is 0 Å². The van der Waals surface area contributed by atoms with E-state index < -0.39 is 0 Å². The monoisotopic (exact) mass is 219 g/mol. The number of carbonyl (C=O) groups is 1. The molecule has 0 atom stereocenters. The Morgan fingerprint density at radius 2 is 2.25 bits per heavy atom. The van der Waals surface area contributed by atoms with Gasteiger partial charge in [-0.15, -0.1) is 0 Å². The molecule has 1 aliphatic rings. The number of nitrogens with zero attached hydrogens (tertiary/aromatic N) is 2. The second-order valence-corrected chi connectivity index (χ2v) is 4.82. The lowest BCUT2D eigenvalue weighted by Gasteiger charge is -2.31. The van der Waals surface area contributed by atoms with Gasteiger partial charge < -0.3 is 10.6 Å².